The topological polar surface area (TPSA) is 97.5 Å². The number of ether oxygens (including phenoxy) is 1. The van der Waals surface area contributed by atoms with Crippen molar-refractivity contribution in [2.75, 3.05) is 7.05 Å². The molecule has 0 aromatic heterocycles. The summed E-state index contributed by atoms with van der Waals surface area (Å²) in [5, 5.41) is 29.0. The standard InChI is InChI=1S/C15H15ClN2O5/c1-17(15(20)23-13-4-2-3-11(16)8-13)9-10-7-12(18(21)22)5-6-14(10)19/h2-8,18-19,21H,9H2,1H3. The van der Waals surface area contributed by atoms with Gasteiger partial charge in [0.15, 0.2) is 5.69 Å². The van der Waals surface area contributed by atoms with Gasteiger partial charge >= 0.3 is 6.09 Å². The lowest BCUT2D eigenvalue weighted by Gasteiger charge is -2.19. The van der Waals surface area contributed by atoms with Crippen molar-refractivity contribution in [3.05, 3.63) is 58.3 Å². The molecule has 0 fully saturated rings. The first-order chi connectivity index (χ1) is 10.9. The second-order valence-corrected chi connectivity index (χ2v) is 5.27. The summed E-state index contributed by atoms with van der Waals surface area (Å²) >= 11 is 5.81. The van der Waals surface area contributed by atoms with E-state index >= 15 is 0 Å². The van der Waals surface area contributed by atoms with Crippen LogP contribution in [0.5, 0.6) is 11.5 Å². The van der Waals surface area contributed by atoms with E-state index in [4.69, 9.17) is 21.5 Å². The average molecular weight is 339 g/mol. The van der Waals surface area contributed by atoms with Crippen molar-refractivity contribution < 1.29 is 25.1 Å². The lowest BCUT2D eigenvalue weighted by molar-refractivity contribution is -0.991. The maximum absolute atomic E-state index is 12.0. The van der Waals surface area contributed by atoms with Crippen molar-refractivity contribution in [3.63, 3.8) is 0 Å². The molecule has 0 aliphatic heterocycles. The Kier molecular flexibility index (Phi) is 5.41. The molecule has 0 radical (unpaired) electrons. The quantitative estimate of drug-likeness (QED) is 0.585. The molecule has 0 saturated heterocycles. The Morgan fingerprint density at radius 3 is 2.74 bits per heavy atom. The predicted molar refractivity (Wildman–Crippen MR) is 82.8 cm³/mol. The second-order valence-electron chi connectivity index (χ2n) is 4.83. The number of aromatic hydroxyl groups is 1. The van der Waals surface area contributed by atoms with E-state index in [0.29, 0.717) is 10.6 Å². The van der Waals surface area contributed by atoms with Crippen LogP contribution < -0.4 is 9.96 Å². The van der Waals surface area contributed by atoms with Crippen LogP contribution in [0.15, 0.2) is 42.5 Å². The molecule has 0 aliphatic carbocycles. The Bertz CT molecular complexity index is 708. The monoisotopic (exact) mass is 338 g/mol. The predicted octanol–water partition coefficient (Wildman–Crippen LogP) is 2.08. The Balaban J connectivity index is 2.07. The Morgan fingerprint density at radius 2 is 2.09 bits per heavy atom. The van der Waals surface area contributed by atoms with Gasteiger partial charge in [0, 0.05) is 29.8 Å². The van der Waals surface area contributed by atoms with Crippen LogP contribution in [0.3, 0.4) is 0 Å². The van der Waals surface area contributed by atoms with Gasteiger partial charge in [-0.2, -0.15) is 5.23 Å². The molecule has 0 heterocycles. The lowest BCUT2D eigenvalue weighted by atomic mass is 10.1. The molecule has 2 rings (SSSR count). The number of rotatable bonds is 4. The van der Waals surface area contributed by atoms with Crippen LogP contribution in [-0.4, -0.2) is 28.4 Å². The SMILES string of the molecule is CN(Cc1cc([NH+]([O-])O)ccc1O)C(=O)Oc1cccc(Cl)c1. The van der Waals surface area contributed by atoms with Crippen LogP contribution in [-0.2, 0) is 6.54 Å². The number of nitrogens with one attached hydrogen (secondary N) is 1. The number of quaternary nitrogens is 1. The molecular formula is C15H15ClN2O5. The molecule has 0 aliphatic rings. The normalized spacial score (nSPS) is 11.8. The van der Waals surface area contributed by atoms with Gasteiger partial charge in [0.25, 0.3) is 0 Å². The van der Waals surface area contributed by atoms with E-state index in [0.717, 1.165) is 0 Å². The number of halogens is 1. The largest absolute Gasteiger partial charge is 0.595 e. The number of carbonyl (C=O) groups excluding carboxylic acids is 1. The summed E-state index contributed by atoms with van der Waals surface area (Å²) in [6.07, 6.45) is -0.660. The van der Waals surface area contributed by atoms with Crippen LogP contribution in [0.2, 0.25) is 5.02 Å². The van der Waals surface area contributed by atoms with Crippen LogP contribution in [0.1, 0.15) is 5.56 Å². The number of hydrogen-bond donors (Lipinski definition) is 3. The Morgan fingerprint density at radius 1 is 1.35 bits per heavy atom. The maximum atomic E-state index is 12.0. The number of hydrogen-bond acceptors (Lipinski definition) is 5. The molecule has 1 unspecified atom stereocenters. The molecule has 23 heavy (non-hydrogen) atoms. The van der Waals surface area contributed by atoms with Gasteiger partial charge in [0.1, 0.15) is 11.5 Å². The molecule has 2 aromatic carbocycles. The van der Waals surface area contributed by atoms with Gasteiger partial charge in [-0.25, -0.2) is 10.0 Å². The van der Waals surface area contributed by atoms with Gasteiger partial charge in [-0.3, -0.25) is 0 Å². The summed E-state index contributed by atoms with van der Waals surface area (Å²) in [5.41, 5.74) is 0.324. The molecule has 0 spiro atoms. The van der Waals surface area contributed by atoms with E-state index < -0.39 is 11.3 Å². The highest BCUT2D eigenvalue weighted by Gasteiger charge is 2.15. The summed E-state index contributed by atoms with van der Waals surface area (Å²) in [5.74, 6) is 0.190. The minimum absolute atomic E-state index is 0.00759. The fourth-order valence-corrected chi connectivity index (χ4v) is 2.05. The molecule has 3 N–H and O–H groups in total. The third-order valence-electron chi connectivity index (χ3n) is 3.05. The van der Waals surface area contributed by atoms with Gasteiger partial charge in [-0.05, 0) is 24.3 Å². The molecule has 1 atom stereocenters. The summed E-state index contributed by atoms with van der Waals surface area (Å²) in [6.45, 7) is -0.00759. The number of phenolic OH excluding ortho intramolecular Hbond substituents is 1. The van der Waals surface area contributed by atoms with Crippen LogP contribution in [0, 0.1) is 5.21 Å². The zero-order chi connectivity index (χ0) is 17.0. The minimum atomic E-state index is -1.12. The van der Waals surface area contributed by atoms with Crippen molar-refractivity contribution in [1.82, 2.24) is 4.90 Å². The molecule has 7 nitrogen and oxygen atoms in total. The first kappa shape index (κ1) is 17.0. The lowest BCUT2D eigenvalue weighted by Crippen LogP contribution is -2.99. The number of carbonyl (C=O) groups is 1. The molecule has 1 amide bonds. The fraction of sp³-hybridized carbons (Fsp3) is 0.133. The smallest absolute Gasteiger partial charge is 0.415 e. The van der Waals surface area contributed by atoms with E-state index in [-0.39, 0.29) is 23.7 Å². The van der Waals surface area contributed by atoms with E-state index in [1.807, 2.05) is 0 Å². The van der Waals surface area contributed by atoms with E-state index in [1.165, 1.54) is 36.2 Å². The van der Waals surface area contributed by atoms with Crippen molar-refractivity contribution in [1.29, 1.82) is 0 Å². The third-order valence-corrected chi connectivity index (χ3v) is 3.28. The van der Waals surface area contributed by atoms with Crippen molar-refractivity contribution >= 4 is 23.4 Å². The van der Waals surface area contributed by atoms with Crippen LogP contribution in [0.4, 0.5) is 10.5 Å². The second kappa shape index (κ2) is 7.30. The molecule has 2 aromatic rings. The summed E-state index contributed by atoms with van der Waals surface area (Å²) in [4.78, 5) is 13.2. The van der Waals surface area contributed by atoms with E-state index in [2.05, 4.69) is 0 Å². The zero-order valence-electron chi connectivity index (χ0n) is 12.2. The van der Waals surface area contributed by atoms with Crippen LogP contribution >= 0.6 is 11.6 Å². The summed E-state index contributed by atoms with van der Waals surface area (Å²) < 4.78 is 5.15. The first-order valence-corrected chi connectivity index (χ1v) is 6.98. The first-order valence-electron chi connectivity index (χ1n) is 6.60. The third kappa shape index (κ3) is 4.57. The van der Waals surface area contributed by atoms with E-state index in [9.17, 15) is 15.1 Å². The Hall–Kier alpha value is -2.32. The summed E-state index contributed by atoms with van der Waals surface area (Å²) in [7, 11) is 1.47. The Labute approximate surface area is 137 Å². The van der Waals surface area contributed by atoms with Gasteiger partial charge in [0.05, 0.1) is 6.54 Å². The zero-order valence-corrected chi connectivity index (χ0v) is 12.9. The van der Waals surface area contributed by atoms with Crippen molar-refractivity contribution in [2.24, 2.45) is 0 Å². The number of phenols is 1. The maximum Gasteiger partial charge on any atom is 0.415 e. The minimum Gasteiger partial charge on any atom is -0.595 e. The average Bonchev–Trinajstić information content (AvgIpc) is 2.49. The van der Waals surface area contributed by atoms with Gasteiger partial charge in [-0.1, -0.05) is 17.7 Å². The molecule has 122 valence electrons. The molecule has 8 heteroatoms. The van der Waals surface area contributed by atoms with Gasteiger partial charge in [-0.15, -0.1) is 0 Å². The number of benzene rings is 2. The van der Waals surface area contributed by atoms with E-state index in [1.54, 1.807) is 18.2 Å². The molecule has 0 bridgehead atoms. The van der Waals surface area contributed by atoms with Crippen molar-refractivity contribution in [3.8, 4) is 11.5 Å². The fourth-order valence-electron chi connectivity index (χ4n) is 1.87. The highest BCUT2D eigenvalue weighted by molar-refractivity contribution is 6.30. The van der Waals surface area contributed by atoms with Crippen molar-refractivity contribution in [2.45, 2.75) is 6.54 Å². The number of amides is 1. The molecular weight excluding hydrogens is 324 g/mol. The van der Waals surface area contributed by atoms with Gasteiger partial charge < -0.3 is 20.0 Å². The summed E-state index contributed by atoms with van der Waals surface area (Å²) in [6, 6.07) is 10.2. The molecule has 0 saturated carbocycles. The highest BCUT2D eigenvalue weighted by atomic mass is 35.5. The van der Waals surface area contributed by atoms with Gasteiger partial charge in [0.2, 0.25) is 0 Å². The highest BCUT2D eigenvalue weighted by Crippen LogP contribution is 2.22. The van der Waals surface area contributed by atoms with Crippen LogP contribution in [0.25, 0.3) is 0 Å². The number of nitrogens with zero attached hydrogens (tertiary/aromatic N) is 1.